The van der Waals surface area contributed by atoms with Gasteiger partial charge in [0.2, 0.25) is 15.9 Å². The lowest BCUT2D eigenvalue weighted by Gasteiger charge is -2.09. The van der Waals surface area contributed by atoms with Crippen molar-refractivity contribution in [2.75, 3.05) is 11.9 Å². The number of esters is 1. The van der Waals surface area contributed by atoms with Crippen molar-refractivity contribution >= 4 is 33.4 Å². The summed E-state index contributed by atoms with van der Waals surface area (Å²) in [5.41, 5.74) is 1.66. The summed E-state index contributed by atoms with van der Waals surface area (Å²) in [5.74, 6) is -1.57. The quantitative estimate of drug-likeness (QED) is 0.327. The smallest absolute Gasteiger partial charge is 0.338 e. The number of anilines is 1. The number of benzene rings is 3. The predicted molar refractivity (Wildman–Crippen MR) is 131 cm³/mol. The Morgan fingerprint density at radius 1 is 0.857 bits per heavy atom. The summed E-state index contributed by atoms with van der Waals surface area (Å²) in [6.07, 6.45) is 0. The van der Waals surface area contributed by atoms with Crippen LogP contribution in [0.25, 0.3) is 0 Å². The van der Waals surface area contributed by atoms with Gasteiger partial charge in [0.05, 0.1) is 10.5 Å². The Bertz CT molecular complexity index is 1300. The van der Waals surface area contributed by atoms with Gasteiger partial charge >= 0.3 is 5.97 Å². The van der Waals surface area contributed by atoms with E-state index in [4.69, 9.17) is 4.74 Å². The van der Waals surface area contributed by atoms with Crippen molar-refractivity contribution in [3.8, 4) is 0 Å². The monoisotopic (exact) mass is 494 g/mol. The zero-order valence-electron chi connectivity index (χ0n) is 19.4. The molecule has 0 aromatic heterocycles. The topological polar surface area (TPSA) is 119 Å². The second kappa shape index (κ2) is 11.5. The largest absolute Gasteiger partial charge is 0.454 e. The van der Waals surface area contributed by atoms with Gasteiger partial charge in [0, 0.05) is 23.7 Å². The molecule has 3 aromatic rings. The number of hydrogen-bond donors (Lipinski definition) is 2. The molecule has 0 unspecified atom stereocenters. The zero-order chi connectivity index (χ0) is 25.4. The molecule has 0 radical (unpaired) electrons. The summed E-state index contributed by atoms with van der Waals surface area (Å²) in [5, 5.41) is 2.73. The summed E-state index contributed by atoms with van der Waals surface area (Å²) in [4.78, 5) is 36.5. The standard InChI is InChI=1S/C26H26N2O6S/c1-18(2)25(30)28-22-13-11-20(12-14-22)24(29)17-34-26(31)21-9-6-10-23(15-21)35(32,33)27-16-19-7-4-3-5-8-19/h3-15,18,27H,16-17H2,1-2H3,(H,28,30). The number of carbonyl (C=O) groups is 3. The number of nitrogens with one attached hydrogen (secondary N) is 2. The first-order chi connectivity index (χ1) is 16.7. The molecule has 0 aliphatic heterocycles. The van der Waals surface area contributed by atoms with Gasteiger partial charge in [0.15, 0.2) is 12.4 Å². The van der Waals surface area contributed by atoms with Crippen LogP contribution < -0.4 is 10.0 Å². The molecule has 0 bridgehead atoms. The molecule has 0 aliphatic rings. The second-order valence-electron chi connectivity index (χ2n) is 8.06. The van der Waals surface area contributed by atoms with Crippen LogP contribution in [0.4, 0.5) is 5.69 Å². The molecule has 182 valence electrons. The Morgan fingerprint density at radius 3 is 2.20 bits per heavy atom. The third kappa shape index (κ3) is 7.33. The SMILES string of the molecule is CC(C)C(=O)Nc1ccc(C(=O)COC(=O)c2cccc(S(=O)(=O)NCc3ccccc3)c2)cc1. The van der Waals surface area contributed by atoms with Crippen LogP contribution in [-0.2, 0) is 26.1 Å². The Labute approximate surface area is 204 Å². The fourth-order valence-electron chi connectivity index (χ4n) is 2.97. The van der Waals surface area contributed by atoms with Crippen molar-refractivity contribution in [3.63, 3.8) is 0 Å². The molecule has 2 N–H and O–H groups in total. The Balaban J connectivity index is 1.58. The normalized spacial score (nSPS) is 11.2. The van der Waals surface area contributed by atoms with Gasteiger partial charge in [-0.3, -0.25) is 9.59 Å². The molecule has 0 atom stereocenters. The van der Waals surface area contributed by atoms with Crippen molar-refractivity contribution in [2.24, 2.45) is 5.92 Å². The van der Waals surface area contributed by atoms with Crippen molar-refractivity contribution in [1.82, 2.24) is 4.72 Å². The molecule has 3 rings (SSSR count). The van der Waals surface area contributed by atoms with E-state index in [2.05, 4.69) is 10.0 Å². The van der Waals surface area contributed by atoms with Gasteiger partial charge in [-0.15, -0.1) is 0 Å². The first-order valence-corrected chi connectivity index (χ1v) is 12.4. The van der Waals surface area contributed by atoms with Gasteiger partial charge in [0.1, 0.15) is 0 Å². The molecule has 9 heteroatoms. The third-order valence-electron chi connectivity index (χ3n) is 5.02. The van der Waals surface area contributed by atoms with Gasteiger partial charge in [-0.2, -0.15) is 0 Å². The summed E-state index contributed by atoms with van der Waals surface area (Å²) in [6.45, 7) is 3.13. The van der Waals surface area contributed by atoms with Crippen LogP contribution in [0.15, 0.2) is 83.8 Å². The molecule has 3 aromatic carbocycles. The van der Waals surface area contributed by atoms with Crippen LogP contribution in [0.3, 0.4) is 0 Å². The van der Waals surface area contributed by atoms with Crippen LogP contribution in [-0.4, -0.2) is 32.7 Å². The summed E-state index contributed by atoms with van der Waals surface area (Å²) in [7, 11) is -3.86. The lowest BCUT2D eigenvalue weighted by molar-refractivity contribution is -0.118. The van der Waals surface area contributed by atoms with Crippen LogP contribution in [0.2, 0.25) is 0 Å². The molecule has 0 saturated heterocycles. The molecule has 35 heavy (non-hydrogen) atoms. The molecule has 0 spiro atoms. The van der Waals surface area contributed by atoms with E-state index in [-0.39, 0.29) is 28.8 Å². The number of rotatable bonds is 10. The van der Waals surface area contributed by atoms with E-state index < -0.39 is 28.4 Å². The molecule has 8 nitrogen and oxygen atoms in total. The number of ketones is 1. The minimum atomic E-state index is -3.86. The number of Topliss-reactive ketones (excluding diaryl/α,β-unsaturated/α-hetero) is 1. The van der Waals surface area contributed by atoms with Gasteiger partial charge in [0.25, 0.3) is 0 Å². The first-order valence-electron chi connectivity index (χ1n) is 10.9. The van der Waals surface area contributed by atoms with Crippen molar-refractivity contribution in [2.45, 2.75) is 25.3 Å². The second-order valence-corrected chi connectivity index (χ2v) is 9.83. The van der Waals surface area contributed by atoms with Gasteiger partial charge < -0.3 is 10.1 Å². The Hall–Kier alpha value is -3.82. The van der Waals surface area contributed by atoms with Crippen LogP contribution in [0.1, 0.15) is 40.1 Å². The first kappa shape index (κ1) is 25.8. The molecule has 0 saturated carbocycles. The van der Waals surface area contributed by atoms with Crippen LogP contribution in [0, 0.1) is 5.92 Å². The Morgan fingerprint density at radius 2 is 1.54 bits per heavy atom. The third-order valence-corrected chi connectivity index (χ3v) is 6.42. The highest BCUT2D eigenvalue weighted by atomic mass is 32.2. The van der Waals surface area contributed by atoms with Crippen molar-refractivity contribution in [1.29, 1.82) is 0 Å². The molecular weight excluding hydrogens is 468 g/mol. The average Bonchev–Trinajstić information content (AvgIpc) is 2.87. The zero-order valence-corrected chi connectivity index (χ0v) is 20.2. The number of hydrogen-bond acceptors (Lipinski definition) is 6. The minimum Gasteiger partial charge on any atom is -0.454 e. The molecular formula is C26H26N2O6S. The van der Waals surface area contributed by atoms with E-state index in [0.29, 0.717) is 11.3 Å². The van der Waals surface area contributed by atoms with Gasteiger partial charge in [-0.05, 0) is 48.0 Å². The predicted octanol–water partition coefficient (Wildman–Crippen LogP) is 3.80. The van der Waals surface area contributed by atoms with Crippen LogP contribution >= 0.6 is 0 Å². The van der Waals surface area contributed by atoms with E-state index >= 15 is 0 Å². The number of carbonyl (C=O) groups excluding carboxylic acids is 3. The molecule has 0 aliphatic carbocycles. The highest BCUT2D eigenvalue weighted by Gasteiger charge is 2.18. The lowest BCUT2D eigenvalue weighted by atomic mass is 10.1. The minimum absolute atomic E-state index is 0.00660. The summed E-state index contributed by atoms with van der Waals surface area (Å²) in [6, 6.07) is 20.7. The van der Waals surface area contributed by atoms with E-state index in [1.54, 1.807) is 50.2 Å². The molecule has 0 fully saturated rings. The fraction of sp³-hybridized carbons (Fsp3) is 0.192. The van der Waals surface area contributed by atoms with E-state index in [1.165, 1.54) is 36.4 Å². The van der Waals surface area contributed by atoms with Crippen molar-refractivity contribution in [3.05, 3.63) is 95.6 Å². The summed E-state index contributed by atoms with van der Waals surface area (Å²) >= 11 is 0. The maximum atomic E-state index is 12.6. The molecule has 0 heterocycles. The summed E-state index contributed by atoms with van der Waals surface area (Å²) < 4.78 is 32.8. The number of sulfonamides is 1. The van der Waals surface area contributed by atoms with Crippen LogP contribution in [0.5, 0.6) is 0 Å². The van der Waals surface area contributed by atoms with E-state index in [1.807, 2.05) is 6.07 Å². The van der Waals surface area contributed by atoms with E-state index in [0.717, 1.165) is 5.56 Å². The number of amides is 1. The van der Waals surface area contributed by atoms with Gasteiger partial charge in [-0.25, -0.2) is 17.9 Å². The highest BCUT2D eigenvalue weighted by molar-refractivity contribution is 7.89. The van der Waals surface area contributed by atoms with E-state index in [9.17, 15) is 22.8 Å². The Kier molecular flexibility index (Phi) is 8.51. The lowest BCUT2D eigenvalue weighted by Crippen LogP contribution is -2.23. The highest BCUT2D eigenvalue weighted by Crippen LogP contribution is 2.15. The fourth-order valence-corrected chi connectivity index (χ4v) is 4.03. The maximum absolute atomic E-state index is 12.6. The average molecular weight is 495 g/mol. The van der Waals surface area contributed by atoms with Gasteiger partial charge in [-0.1, -0.05) is 50.2 Å². The number of ether oxygens (including phenoxy) is 1. The molecule has 1 amide bonds. The van der Waals surface area contributed by atoms with Crippen molar-refractivity contribution < 1.29 is 27.5 Å². The maximum Gasteiger partial charge on any atom is 0.338 e.